The standard InChI is InChI=1S/C22H29N3O2/c26-7-3-6-20-23-18-4-1-2-5-19(18)25(20)14-21(27)24-22-11-15-8-16(12-22)10-17(9-15)13-22/h1-2,4-5,15-17,26H,3,6-14H2,(H,24,27). The lowest BCUT2D eigenvalue weighted by Gasteiger charge is -2.56. The number of aliphatic hydroxyl groups is 1. The van der Waals surface area contributed by atoms with Gasteiger partial charge in [-0.2, -0.15) is 0 Å². The molecule has 2 N–H and O–H groups in total. The Morgan fingerprint density at radius 2 is 1.81 bits per heavy atom. The van der Waals surface area contributed by atoms with Gasteiger partial charge < -0.3 is 15.0 Å². The van der Waals surface area contributed by atoms with Crippen molar-refractivity contribution < 1.29 is 9.90 Å². The first-order valence-electron chi connectivity index (χ1n) is 10.5. The van der Waals surface area contributed by atoms with Gasteiger partial charge in [0.25, 0.3) is 0 Å². The topological polar surface area (TPSA) is 67.2 Å². The number of para-hydroxylation sites is 2. The number of aliphatic hydroxyl groups excluding tert-OH is 1. The van der Waals surface area contributed by atoms with Crippen LogP contribution in [0.3, 0.4) is 0 Å². The monoisotopic (exact) mass is 367 g/mol. The number of amides is 1. The largest absolute Gasteiger partial charge is 0.396 e. The first-order valence-corrected chi connectivity index (χ1v) is 10.5. The van der Waals surface area contributed by atoms with Crippen LogP contribution < -0.4 is 5.32 Å². The predicted molar refractivity (Wildman–Crippen MR) is 104 cm³/mol. The third-order valence-electron chi connectivity index (χ3n) is 7.04. The number of aryl methyl sites for hydroxylation is 1. The first kappa shape index (κ1) is 17.2. The molecule has 2 aromatic rings. The lowest BCUT2D eigenvalue weighted by Crippen LogP contribution is -2.60. The molecule has 0 atom stereocenters. The quantitative estimate of drug-likeness (QED) is 0.825. The van der Waals surface area contributed by atoms with Gasteiger partial charge in [-0.05, 0) is 74.8 Å². The number of benzene rings is 1. The lowest BCUT2D eigenvalue weighted by molar-refractivity contribution is -0.127. The average molecular weight is 367 g/mol. The summed E-state index contributed by atoms with van der Waals surface area (Å²) in [6.45, 7) is 0.464. The molecule has 4 fully saturated rings. The van der Waals surface area contributed by atoms with Crippen molar-refractivity contribution in [2.24, 2.45) is 17.8 Å². The Hall–Kier alpha value is -1.88. The number of nitrogens with zero attached hydrogens (tertiary/aromatic N) is 2. The molecule has 1 aromatic heterocycles. The van der Waals surface area contributed by atoms with Crippen molar-refractivity contribution in [2.75, 3.05) is 6.61 Å². The fourth-order valence-electron chi connectivity index (χ4n) is 6.47. The van der Waals surface area contributed by atoms with Gasteiger partial charge in [-0.25, -0.2) is 4.98 Å². The Morgan fingerprint density at radius 3 is 2.48 bits per heavy atom. The number of carbonyl (C=O) groups is 1. The van der Waals surface area contributed by atoms with E-state index in [0.717, 1.165) is 34.6 Å². The highest BCUT2D eigenvalue weighted by Crippen LogP contribution is 2.55. The van der Waals surface area contributed by atoms with Crippen LogP contribution in [0.25, 0.3) is 11.0 Å². The first-order chi connectivity index (χ1) is 13.1. The van der Waals surface area contributed by atoms with E-state index in [1.807, 2.05) is 28.8 Å². The number of hydrogen-bond donors (Lipinski definition) is 2. The van der Waals surface area contributed by atoms with E-state index in [-0.39, 0.29) is 18.1 Å². The van der Waals surface area contributed by atoms with Gasteiger partial charge in [-0.3, -0.25) is 4.79 Å². The Labute approximate surface area is 160 Å². The minimum Gasteiger partial charge on any atom is -0.396 e. The maximum absolute atomic E-state index is 13.1. The summed E-state index contributed by atoms with van der Waals surface area (Å²) in [6, 6.07) is 7.99. The van der Waals surface area contributed by atoms with Crippen molar-refractivity contribution in [2.45, 2.75) is 63.5 Å². The zero-order valence-corrected chi connectivity index (χ0v) is 15.9. The van der Waals surface area contributed by atoms with Crippen molar-refractivity contribution >= 4 is 16.9 Å². The number of rotatable bonds is 6. The highest BCUT2D eigenvalue weighted by Gasteiger charge is 2.51. The third-order valence-corrected chi connectivity index (χ3v) is 7.04. The highest BCUT2D eigenvalue weighted by molar-refractivity contribution is 5.81. The fraction of sp³-hybridized carbons (Fsp3) is 0.636. The van der Waals surface area contributed by atoms with Gasteiger partial charge >= 0.3 is 0 Å². The zero-order valence-electron chi connectivity index (χ0n) is 15.9. The van der Waals surface area contributed by atoms with Gasteiger partial charge in [0.1, 0.15) is 12.4 Å². The molecule has 0 spiro atoms. The maximum Gasteiger partial charge on any atom is 0.240 e. The number of imidazole rings is 1. The molecule has 4 aliphatic carbocycles. The lowest BCUT2D eigenvalue weighted by atomic mass is 9.53. The summed E-state index contributed by atoms with van der Waals surface area (Å²) >= 11 is 0. The van der Waals surface area contributed by atoms with E-state index in [1.54, 1.807) is 0 Å². The SMILES string of the molecule is O=C(Cn1c(CCCO)nc2ccccc21)NC12CC3CC(CC(C3)C1)C2. The molecule has 0 radical (unpaired) electrons. The number of aromatic nitrogens is 2. The number of fused-ring (bicyclic) bond motifs is 1. The van der Waals surface area contributed by atoms with Gasteiger partial charge in [0.2, 0.25) is 5.91 Å². The Kier molecular flexibility index (Phi) is 4.23. The Bertz CT molecular complexity index is 821. The van der Waals surface area contributed by atoms with Crippen molar-refractivity contribution in [3.8, 4) is 0 Å². The van der Waals surface area contributed by atoms with Crippen LogP contribution >= 0.6 is 0 Å². The molecule has 1 heterocycles. The van der Waals surface area contributed by atoms with Gasteiger partial charge in [0.05, 0.1) is 11.0 Å². The van der Waals surface area contributed by atoms with Crippen LogP contribution in [-0.4, -0.2) is 32.7 Å². The van der Waals surface area contributed by atoms with E-state index in [0.29, 0.717) is 19.4 Å². The second-order valence-corrected chi connectivity index (χ2v) is 9.18. The van der Waals surface area contributed by atoms with Crippen molar-refractivity contribution in [3.63, 3.8) is 0 Å². The van der Waals surface area contributed by atoms with Crippen molar-refractivity contribution in [1.29, 1.82) is 0 Å². The molecule has 27 heavy (non-hydrogen) atoms. The van der Waals surface area contributed by atoms with E-state index in [4.69, 9.17) is 4.98 Å². The molecule has 0 saturated heterocycles. The number of hydrogen-bond acceptors (Lipinski definition) is 3. The van der Waals surface area contributed by atoms with Crippen LogP contribution in [0.2, 0.25) is 0 Å². The van der Waals surface area contributed by atoms with Crippen LogP contribution in [0.1, 0.15) is 50.8 Å². The normalized spacial score (nSPS) is 31.5. The van der Waals surface area contributed by atoms with Crippen LogP contribution in [0, 0.1) is 17.8 Å². The van der Waals surface area contributed by atoms with Crippen LogP contribution in [0.15, 0.2) is 24.3 Å². The molecule has 5 heteroatoms. The summed E-state index contributed by atoms with van der Waals surface area (Å²) in [5.74, 6) is 3.48. The highest BCUT2D eigenvalue weighted by atomic mass is 16.3. The molecule has 5 nitrogen and oxygen atoms in total. The fourth-order valence-corrected chi connectivity index (χ4v) is 6.47. The molecule has 4 saturated carbocycles. The van der Waals surface area contributed by atoms with E-state index >= 15 is 0 Å². The average Bonchev–Trinajstić information content (AvgIpc) is 2.96. The molecular weight excluding hydrogens is 338 g/mol. The minimum absolute atomic E-state index is 0.0491. The summed E-state index contributed by atoms with van der Waals surface area (Å²) in [5, 5.41) is 12.7. The third kappa shape index (κ3) is 3.16. The molecule has 4 bridgehead atoms. The van der Waals surface area contributed by atoms with E-state index < -0.39 is 0 Å². The summed E-state index contributed by atoms with van der Waals surface area (Å²) in [4.78, 5) is 17.8. The number of nitrogens with one attached hydrogen (secondary N) is 1. The van der Waals surface area contributed by atoms with Gasteiger partial charge in [-0.1, -0.05) is 12.1 Å². The molecular formula is C22H29N3O2. The van der Waals surface area contributed by atoms with E-state index in [1.165, 1.54) is 38.5 Å². The molecule has 0 aliphatic heterocycles. The molecule has 1 amide bonds. The van der Waals surface area contributed by atoms with Crippen LogP contribution in [-0.2, 0) is 17.8 Å². The van der Waals surface area contributed by atoms with Gasteiger partial charge in [0, 0.05) is 18.6 Å². The smallest absolute Gasteiger partial charge is 0.240 e. The molecule has 1 aromatic carbocycles. The van der Waals surface area contributed by atoms with Crippen LogP contribution in [0.4, 0.5) is 0 Å². The molecule has 144 valence electrons. The van der Waals surface area contributed by atoms with Crippen LogP contribution in [0.5, 0.6) is 0 Å². The van der Waals surface area contributed by atoms with Crippen molar-refractivity contribution in [3.05, 3.63) is 30.1 Å². The van der Waals surface area contributed by atoms with E-state index in [9.17, 15) is 9.90 Å². The van der Waals surface area contributed by atoms with Gasteiger partial charge in [0.15, 0.2) is 0 Å². The molecule has 6 rings (SSSR count). The predicted octanol–water partition coefficient (Wildman–Crippen LogP) is 3.05. The maximum atomic E-state index is 13.1. The summed E-state index contributed by atoms with van der Waals surface area (Å²) in [6.07, 6.45) is 9.02. The van der Waals surface area contributed by atoms with Crippen molar-refractivity contribution in [1.82, 2.24) is 14.9 Å². The number of carbonyl (C=O) groups excluding carboxylic acids is 1. The second kappa shape index (κ2) is 6.62. The summed E-state index contributed by atoms with van der Waals surface area (Å²) in [5.41, 5.74) is 1.98. The zero-order chi connectivity index (χ0) is 18.4. The second-order valence-electron chi connectivity index (χ2n) is 9.18. The minimum atomic E-state index is 0.0491. The molecule has 4 aliphatic rings. The Balaban J connectivity index is 1.36. The molecule has 0 unspecified atom stereocenters. The Morgan fingerprint density at radius 1 is 1.15 bits per heavy atom. The van der Waals surface area contributed by atoms with E-state index in [2.05, 4.69) is 5.32 Å². The van der Waals surface area contributed by atoms with Gasteiger partial charge in [-0.15, -0.1) is 0 Å². The summed E-state index contributed by atoms with van der Waals surface area (Å²) < 4.78 is 2.04. The summed E-state index contributed by atoms with van der Waals surface area (Å²) in [7, 11) is 0.